The van der Waals surface area contributed by atoms with Crippen LogP contribution in [0.2, 0.25) is 0 Å². The van der Waals surface area contributed by atoms with Crippen molar-refractivity contribution in [2.24, 2.45) is 0 Å². The Morgan fingerprint density at radius 2 is 1.80 bits per heavy atom. The van der Waals surface area contributed by atoms with Crippen LogP contribution in [0.4, 0.5) is 0 Å². The molecule has 0 aliphatic carbocycles. The molecule has 1 amide bonds. The van der Waals surface area contributed by atoms with Crippen LogP contribution < -0.4 is 10.1 Å². The largest absolute Gasteiger partial charge is 0.422 e. The Hall–Kier alpha value is -1.98. The summed E-state index contributed by atoms with van der Waals surface area (Å²) < 4.78 is 36.1. The van der Waals surface area contributed by atoms with Gasteiger partial charge in [0.2, 0.25) is 0 Å². The fourth-order valence-corrected chi connectivity index (χ4v) is 2.71. The van der Waals surface area contributed by atoms with E-state index in [-0.39, 0.29) is 17.9 Å². The van der Waals surface area contributed by atoms with Gasteiger partial charge < -0.3 is 10.1 Å². The zero-order valence-corrected chi connectivity index (χ0v) is 15.8. The van der Waals surface area contributed by atoms with Gasteiger partial charge in [0.1, 0.15) is 5.75 Å². The third-order valence-corrected chi connectivity index (χ3v) is 4.44. The van der Waals surface area contributed by atoms with Crippen LogP contribution >= 0.6 is 22.6 Å². The fraction of sp³-hybridized carbons (Fsp3) is 0.125. The van der Waals surface area contributed by atoms with Crippen LogP contribution in [0.5, 0.6) is 5.75 Å². The molecular weight excluding hydrogens is 461 g/mol. The monoisotopic (exact) mass is 475 g/mol. The molecule has 0 saturated heterocycles. The van der Waals surface area contributed by atoms with Crippen molar-refractivity contribution >= 4 is 44.6 Å². The third-order valence-electron chi connectivity index (χ3n) is 3.05. The summed E-state index contributed by atoms with van der Waals surface area (Å²) >= 11 is 2.01. The number of hydrogen-bond acceptors (Lipinski definition) is 5. The maximum Gasteiger partial charge on any atom is 0.343 e. The van der Waals surface area contributed by atoms with Crippen LogP contribution in [-0.4, -0.2) is 37.1 Å². The summed E-state index contributed by atoms with van der Waals surface area (Å²) in [6.45, 7) is -0.268. The van der Waals surface area contributed by atoms with E-state index in [0.717, 1.165) is 3.57 Å². The third kappa shape index (κ3) is 6.11. The summed E-state index contributed by atoms with van der Waals surface area (Å²) in [6.07, 6.45) is 0. The Morgan fingerprint density at radius 3 is 2.44 bits per heavy atom. The Kier molecular flexibility index (Phi) is 6.51. The highest BCUT2D eigenvalue weighted by Gasteiger charge is 2.17. The second-order valence-electron chi connectivity index (χ2n) is 4.94. The van der Waals surface area contributed by atoms with Crippen molar-refractivity contribution in [3.05, 3.63) is 63.2 Å². The minimum atomic E-state index is -4.18. The first kappa shape index (κ1) is 19.3. The zero-order valence-electron chi connectivity index (χ0n) is 12.8. The van der Waals surface area contributed by atoms with E-state index in [9.17, 15) is 18.0 Å². The smallest absolute Gasteiger partial charge is 0.343 e. The first-order valence-electron chi connectivity index (χ1n) is 7.06. The highest BCUT2D eigenvalue weighted by atomic mass is 127. The van der Waals surface area contributed by atoms with Gasteiger partial charge in [-0.15, -0.1) is 0 Å². The molecule has 2 aromatic rings. The van der Waals surface area contributed by atoms with Gasteiger partial charge in [-0.25, -0.2) is 4.79 Å². The van der Waals surface area contributed by atoms with Crippen molar-refractivity contribution < 1.29 is 27.3 Å². The molecule has 2 rings (SSSR count). The van der Waals surface area contributed by atoms with Crippen LogP contribution in [0.25, 0.3) is 0 Å². The molecule has 0 saturated carbocycles. The lowest BCUT2D eigenvalue weighted by Crippen LogP contribution is -2.29. The molecule has 7 nitrogen and oxygen atoms in total. The second-order valence-corrected chi connectivity index (χ2v) is 7.76. The SMILES string of the molecule is O=C(Oc1cc(I)ccc1C(=O)NCCS(=O)(=O)O)c1ccccc1. The summed E-state index contributed by atoms with van der Waals surface area (Å²) in [6, 6.07) is 13.0. The van der Waals surface area contributed by atoms with Gasteiger partial charge in [0.25, 0.3) is 16.0 Å². The van der Waals surface area contributed by atoms with Gasteiger partial charge in [-0.3, -0.25) is 9.35 Å². The van der Waals surface area contributed by atoms with Gasteiger partial charge >= 0.3 is 5.97 Å². The molecule has 132 valence electrons. The Bertz CT molecular complexity index is 883. The second kappa shape index (κ2) is 8.41. The molecule has 0 unspecified atom stereocenters. The molecule has 0 atom stereocenters. The van der Waals surface area contributed by atoms with E-state index < -0.39 is 27.7 Å². The van der Waals surface area contributed by atoms with Crippen molar-refractivity contribution in [3.8, 4) is 5.75 Å². The Morgan fingerprint density at radius 1 is 1.12 bits per heavy atom. The van der Waals surface area contributed by atoms with E-state index in [1.807, 2.05) is 22.6 Å². The summed E-state index contributed by atoms with van der Waals surface area (Å²) in [5.74, 6) is -1.78. The molecule has 0 radical (unpaired) electrons. The van der Waals surface area contributed by atoms with Gasteiger partial charge in [0, 0.05) is 10.1 Å². The van der Waals surface area contributed by atoms with E-state index >= 15 is 0 Å². The number of esters is 1. The van der Waals surface area contributed by atoms with E-state index in [2.05, 4.69) is 5.32 Å². The fourth-order valence-electron chi connectivity index (χ4n) is 1.89. The predicted molar refractivity (Wildman–Crippen MR) is 99.3 cm³/mol. The van der Waals surface area contributed by atoms with Crippen molar-refractivity contribution in [1.82, 2.24) is 5.32 Å². The molecule has 0 bridgehead atoms. The number of rotatable bonds is 6. The molecular formula is C16H14INO6S. The summed E-state index contributed by atoms with van der Waals surface area (Å²) in [5.41, 5.74) is 0.416. The first-order chi connectivity index (χ1) is 11.8. The highest BCUT2D eigenvalue weighted by molar-refractivity contribution is 14.1. The predicted octanol–water partition coefficient (Wildman–Crippen LogP) is 2.13. The van der Waals surface area contributed by atoms with Crippen molar-refractivity contribution in [3.63, 3.8) is 0 Å². The molecule has 0 heterocycles. The summed E-state index contributed by atoms with van der Waals surface area (Å²) in [7, 11) is -4.18. The number of benzene rings is 2. The number of ether oxygens (including phenoxy) is 1. The molecule has 0 fully saturated rings. The van der Waals surface area contributed by atoms with Gasteiger partial charge in [-0.2, -0.15) is 8.42 Å². The number of halogens is 1. The Balaban J connectivity index is 2.16. The van der Waals surface area contributed by atoms with Crippen LogP contribution in [0, 0.1) is 3.57 Å². The van der Waals surface area contributed by atoms with Gasteiger partial charge in [-0.1, -0.05) is 18.2 Å². The standard InChI is InChI=1S/C16H14INO6S/c17-12-6-7-13(15(19)18-8-9-25(21,22)23)14(10-12)24-16(20)11-4-2-1-3-5-11/h1-7,10H,8-9H2,(H,18,19)(H,21,22,23). The minimum Gasteiger partial charge on any atom is -0.422 e. The lowest BCUT2D eigenvalue weighted by Gasteiger charge is -2.11. The average molecular weight is 475 g/mol. The number of carbonyl (C=O) groups is 2. The lowest BCUT2D eigenvalue weighted by molar-refractivity contribution is 0.0732. The molecule has 0 aliphatic rings. The van der Waals surface area contributed by atoms with Crippen LogP contribution in [0.3, 0.4) is 0 Å². The van der Waals surface area contributed by atoms with Gasteiger partial charge in [0.05, 0.1) is 16.9 Å². The summed E-state index contributed by atoms with van der Waals surface area (Å²) in [4.78, 5) is 24.4. The number of amides is 1. The molecule has 0 aliphatic heterocycles. The van der Waals surface area contributed by atoms with Crippen LogP contribution in [-0.2, 0) is 10.1 Å². The van der Waals surface area contributed by atoms with Crippen LogP contribution in [0.1, 0.15) is 20.7 Å². The molecule has 9 heteroatoms. The van der Waals surface area contributed by atoms with Crippen molar-refractivity contribution in [2.75, 3.05) is 12.3 Å². The zero-order chi connectivity index (χ0) is 18.4. The molecule has 2 N–H and O–H groups in total. The highest BCUT2D eigenvalue weighted by Crippen LogP contribution is 2.23. The average Bonchev–Trinajstić information content (AvgIpc) is 2.54. The summed E-state index contributed by atoms with van der Waals surface area (Å²) in [5, 5.41) is 2.36. The molecule has 0 aromatic heterocycles. The van der Waals surface area contributed by atoms with E-state index in [1.165, 1.54) is 12.1 Å². The maximum atomic E-state index is 12.2. The van der Waals surface area contributed by atoms with E-state index in [4.69, 9.17) is 9.29 Å². The van der Waals surface area contributed by atoms with Crippen molar-refractivity contribution in [1.29, 1.82) is 0 Å². The number of carbonyl (C=O) groups excluding carboxylic acids is 2. The Labute approximate surface area is 158 Å². The quantitative estimate of drug-likeness (QED) is 0.287. The van der Waals surface area contributed by atoms with Crippen LogP contribution in [0.15, 0.2) is 48.5 Å². The molecule has 2 aromatic carbocycles. The van der Waals surface area contributed by atoms with Crippen molar-refractivity contribution in [2.45, 2.75) is 0 Å². The minimum absolute atomic E-state index is 0.0603. The molecule has 25 heavy (non-hydrogen) atoms. The van der Waals surface area contributed by atoms with E-state index in [1.54, 1.807) is 36.4 Å². The number of hydrogen-bond donors (Lipinski definition) is 2. The molecule has 0 spiro atoms. The van der Waals surface area contributed by atoms with Gasteiger partial charge in [-0.05, 0) is 52.9 Å². The first-order valence-corrected chi connectivity index (χ1v) is 9.75. The topological polar surface area (TPSA) is 110 Å². The lowest BCUT2D eigenvalue weighted by atomic mass is 10.2. The van der Waals surface area contributed by atoms with E-state index in [0.29, 0.717) is 5.56 Å². The normalized spacial score (nSPS) is 11.0. The maximum absolute atomic E-state index is 12.2. The number of nitrogens with one attached hydrogen (secondary N) is 1. The van der Waals surface area contributed by atoms with Gasteiger partial charge in [0.15, 0.2) is 0 Å².